The summed E-state index contributed by atoms with van der Waals surface area (Å²) in [5.41, 5.74) is 1.93. The molecule has 128 valence electrons. The first-order chi connectivity index (χ1) is 11.6. The number of aromatic nitrogens is 2. The van der Waals surface area contributed by atoms with E-state index in [0.717, 1.165) is 17.7 Å². The second-order valence-corrected chi connectivity index (χ2v) is 5.86. The average molecular weight is 330 g/mol. The summed E-state index contributed by atoms with van der Waals surface area (Å²) in [6.45, 7) is 7.06. The number of benzene rings is 1. The van der Waals surface area contributed by atoms with Crippen LogP contribution < -0.4 is 10.2 Å². The first kappa shape index (κ1) is 16.4. The van der Waals surface area contributed by atoms with Crippen LogP contribution >= 0.6 is 0 Å². The lowest BCUT2D eigenvalue weighted by atomic mass is 10.1. The second kappa shape index (κ2) is 7.00. The number of anilines is 1. The van der Waals surface area contributed by atoms with Gasteiger partial charge in [0.05, 0.1) is 12.6 Å². The van der Waals surface area contributed by atoms with Crippen LogP contribution in [0, 0.1) is 0 Å². The van der Waals surface area contributed by atoms with Crippen LogP contribution in [0.25, 0.3) is 0 Å². The zero-order valence-corrected chi connectivity index (χ0v) is 14.2. The van der Waals surface area contributed by atoms with Crippen molar-refractivity contribution in [3.63, 3.8) is 0 Å². The molecule has 2 atom stereocenters. The molecule has 1 fully saturated rings. The molecule has 1 aliphatic heterocycles. The van der Waals surface area contributed by atoms with Crippen molar-refractivity contribution in [1.29, 1.82) is 0 Å². The van der Waals surface area contributed by atoms with Crippen LogP contribution in [0.4, 0.5) is 10.5 Å². The van der Waals surface area contributed by atoms with Gasteiger partial charge in [-0.15, -0.1) is 10.2 Å². The van der Waals surface area contributed by atoms with Crippen LogP contribution in [-0.2, 0) is 11.2 Å². The van der Waals surface area contributed by atoms with E-state index in [1.165, 1.54) is 0 Å². The number of cyclic esters (lactones) is 1. The molecule has 7 heteroatoms. The molecule has 0 bridgehead atoms. The summed E-state index contributed by atoms with van der Waals surface area (Å²) in [6, 6.07) is 7.89. The van der Waals surface area contributed by atoms with Crippen LogP contribution in [-0.4, -0.2) is 29.4 Å². The fourth-order valence-corrected chi connectivity index (χ4v) is 2.72. The van der Waals surface area contributed by atoms with E-state index in [-0.39, 0.29) is 18.2 Å². The fraction of sp³-hybridized carbons (Fsp3) is 0.471. The van der Waals surface area contributed by atoms with E-state index in [1.807, 2.05) is 38.1 Å². The number of amides is 1. The summed E-state index contributed by atoms with van der Waals surface area (Å²) >= 11 is 0. The molecular formula is C17H22N4O3. The lowest BCUT2D eigenvalue weighted by Crippen LogP contribution is -2.25. The Hall–Kier alpha value is -2.41. The van der Waals surface area contributed by atoms with Crippen LogP contribution in [0.15, 0.2) is 28.7 Å². The number of carbonyl (C=O) groups excluding carboxylic acids is 1. The minimum Gasteiger partial charge on any atom is -0.447 e. The third-order valence-corrected chi connectivity index (χ3v) is 4.10. The Morgan fingerprint density at radius 1 is 1.29 bits per heavy atom. The molecular weight excluding hydrogens is 308 g/mol. The van der Waals surface area contributed by atoms with Crippen molar-refractivity contribution in [3.8, 4) is 0 Å². The van der Waals surface area contributed by atoms with Gasteiger partial charge in [0.25, 0.3) is 0 Å². The quantitative estimate of drug-likeness (QED) is 0.877. The summed E-state index contributed by atoms with van der Waals surface area (Å²) in [6.07, 6.45) is 0.433. The number of rotatable bonds is 6. The standard InChI is InChI=1S/C17H22N4O3/c1-4-15-19-20-16(24-15)12(3)18-11(2)13-6-5-7-14(10-13)21-8-9-23-17(21)22/h5-7,10-12,18H,4,8-9H2,1-3H3. The normalized spacial score (nSPS) is 17.0. The predicted molar refractivity (Wildman–Crippen MR) is 88.8 cm³/mol. The zero-order valence-electron chi connectivity index (χ0n) is 14.2. The largest absolute Gasteiger partial charge is 0.447 e. The minimum atomic E-state index is -0.293. The van der Waals surface area contributed by atoms with Crippen molar-refractivity contribution in [3.05, 3.63) is 41.6 Å². The third kappa shape index (κ3) is 3.41. The van der Waals surface area contributed by atoms with E-state index < -0.39 is 0 Å². The van der Waals surface area contributed by atoms with E-state index in [9.17, 15) is 4.79 Å². The lowest BCUT2D eigenvalue weighted by Gasteiger charge is -2.20. The van der Waals surface area contributed by atoms with E-state index in [4.69, 9.17) is 9.15 Å². The van der Waals surface area contributed by atoms with Crippen LogP contribution in [0.2, 0.25) is 0 Å². The zero-order chi connectivity index (χ0) is 17.1. The molecule has 2 heterocycles. The summed E-state index contributed by atoms with van der Waals surface area (Å²) in [5, 5.41) is 11.5. The third-order valence-electron chi connectivity index (χ3n) is 4.10. The molecule has 1 saturated heterocycles. The van der Waals surface area contributed by atoms with Gasteiger partial charge in [-0.3, -0.25) is 10.2 Å². The van der Waals surface area contributed by atoms with Gasteiger partial charge in [-0.1, -0.05) is 19.1 Å². The van der Waals surface area contributed by atoms with Crippen molar-refractivity contribution in [1.82, 2.24) is 15.5 Å². The molecule has 2 unspecified atom stereocenters. The Labute approximate surface area is 141 Å². The molecule has 1 aliphatic rings. The number of aryl methyl sites for hydroxylation is 1. The summed E-state index contributed by atoms with van der Waals surface area (Å²) in [4.78, 5) is 13.4. The van der Waals surface area contributed by atoms with Gasteiger partial charge in [-0.2, -0.15) is 0 Å². The molecule has 3 rings (SSSR count). The number of nitrogens with zero attached hydrogens (tertiary/aromatic N) is 3. The average Bonchev–Trinajstić information content (AvgIpc) is 3.23. The van der Waals surface area contributed by atoms with Crippen LogP contribution in [0.5, 0.6) is 0 Å². The highest BCUT2D eigenvalue weighted by Gasteiger charge is 2.24. The Kier molecular flexibility index (Phi) is 4.80. The maximum atomic E-state index is 11.7. The summed E-state index contributed by atoms with van der Waals surface area (Å²) in [5.74, 6) is 1.22. The number of carbonyl (C=O) groups is 1. The SMILES string of the molecule is CCc1nnc(C(C)NC(C)c2cccc(N3CCOC3=O)c2)o1. The molecule has 1 aromatic carbocycles. The first-order valence-electron chi connectivity index (χ1n) is 8.21. The fourth-order valence-electron chi connectivity index (χ4n) is 2.72. The van der Waals surface area contributed by atoms with Gasteiger partial charge in [0.1, 0.15) is 6.61 Å². The Bertz CT molecular complexity index is 715. The topological polar surface area (TPSA) is 80.5 Å². The van der Waals surface area contributed by atoms with Gasteiger partial charge in [0, 0.05) is 18.2 Å². The molecule has 1 aromatic heterocycles. The van der Waals surface area contributed by atoms with Gasteiger partial charge in [-0.05, 0) is 31.5 Å². The van der Waals surface area contributed by atoms with Crippen molar-refractivity contribution in [2.24, 2.45) is 0 Å². The van der Waals surface area contributed by atoms with Crippen LogP contribution in [0.3, 0.4) is 0 Å². The van der Waals surface area contributed by atoms with E-state index in [2.05, 4.69) is 22.4 Å². The molecule has 0 aliphatic carbocycles. The molecule has 1 amide bonds. The highest BCUT2D eigenvalue weighted by atomic mass is 16.6. The van der Waals surface area contributed by atoms with Gasteiger partial charge in [-0.25, -0.2) is 4.79 Å². The molecule has 0 saturated carbocycles. The molecule has 0 spiro atoms. The van der Waals surface area contributed by atoms with Crippen molar-refractivity contribution >= 4 is 11.8 Å². The number of hydrogen-bond donors (Lipinski definition) is 1. The minimum absolute atomic E-state index is 0.0618. The van der Waals surface area contributed by atoms with E-state index in [0.29, 0.717) is 24.9 Å². The van der Waals surface area contributed by atoms with E-state index in [1.54, 1.807) is 4.90 Å². The smallest absolute Gasteiger partial charge is 0.414 e. The van der Waals surface area contributed by atoms with Gasteiger partial charge in [0.15, 0.2) is 0 Å². The highest BCUT2D eigenvalue weighted by molar-refractivity contribution is 5.89. The Morgan fingerprint density at radius 2 is 2.12 bits per heavy atom. The highest BCUT2D eigenvalue weighted by Crippen LogP contribution is 2.25. The predicted octanol–water partition coefficient (Wildman–Crippen LogP) is 3.00. The van der Waals surface area contributed by atoms with Crippen molar-refractivity contribution in [2.45, 2.75) is 39.3 Å². The summed E-state index contributed by atoms with van der Waals surface area (Å²) in [7, 11) is 0. The molecule has 0 radical (unpaired) electrons. The Balaban J connectivity index is 1.70. The molecule has 2 aromatic rings. The second-order valence-electron chi connectivity index (χ2n) is 5.86. The molecule has 24 heavy (non-hydrogen) atoms. The maximum absolute atomic E-state index is 11.7. The van der Waals surface area contributed by atoms with Gasteiger partial charge in [0.2, 0.25) is 11.8 Å². The van der Waals surface area contributed by atoms with Gasteiger partial charge < -0.3 is 9.15 Å². The molecule has 1 N–H and O–H groups in total. The molecule has 7 nitrogen and oxygen atoms in total. The maximum Gasteiger partial charge on any atom is 0.414 e. The number of hydrogen-bond acceptors (Lipinski definition) is 6. The van der Waals surface area contributed by atoms with Crippen LogP contribution in [0.1, 0.15) is 50.2 Å². The first-order valence-corrected chi connectivity index (χ1v) is 8.21. The van der Waals surface area contributed by atoms with Gasteiger partial charge >= 0.3 is 6.09 Å². The monoisotopic (exact) mass is 330 g/mol. The van der Waals surface area contributed by atoms with Crippen molar-refractivity contribution < 1.29 is 13.9 Å². The number of nitrogens with one attached hydrogen (secondary N) is 1. The summed E-state index contributed by atoms with van der Waals surface area (Å²) < 4.78 is 10.6. The lowest BCUT2D eigenvalue weighted by molar-refractivity contribution is 0.181. The van der Waals surface area contributed by atoms with E-state index >= 15 is 0 Å². The Morgan fingerprint density at radius 3 is 2.79 bits per heavy atom. The number of ether oxygens (including phenoxy) is 1. The van der Waals surface area contributed by atoms with Crippen molar-refractivity contribution in [2.75, 3.05) is 18.1 Å².